The van der Waals surface area contributed by atoms with Crippen molar-refractivity contribution in [2.75, 3.05) is 19.6 Å². The van der Waals surface area contributed by atoms with Crippen LogP contribution in [0.25, 0.3) is 0 Å². The summed E-state index contributed by atoms with van der Waals surface area (Å²) in [5, 5.41) is 0. The monoisotopic (exact) mass is 228 g/mol. The predicted molar refractivity (Wildman–Crippen MR) is 70.6 cm³/mol. The first-order chi connectivity index (χ1) is 8.33. The molecule has 0 radical (unpaired) electrons. The largest absolute Gasteiger partial charge is 0.367 e. The van der Waals surface area contributed by atoms with E-state index in [4.69, 9.17) is 0 Å². The van der Waals surface area contributed by atoms with Crippen molar-refractivity contribution in [3.63, 3.8) is 0 Å². The second kappa shape index (κ2) is 4.53. The highest BCUT2D eigenvalue weighted by Gasteiger charge is 2.30. The van der Waals surface area contributed by atoms with E-state index in [-0.39, 0.29) is 0 Å². The van der Waals surface area contributed by atoms with Gasteiger partial charge in [0.1, 0.15) is 0 Å². The standard InChI is InChI=1S/C15H20N2/c1-13-11-16-9-7-15(8-10-16)17(13)12-14-5-3-2-4-6-14/h2-6,15H,1,7-12H2. The lowest BCUT2D eigenvalue weighted by molar-refractivity contribution is 0.191. The van der Waals surface area contributed by atoms with Crippen LogP contribution >= 0.6 is 0 Å². The van der Waals surface area contributed by atoms with Crippen molar-refractivity contribution < 1.29 is 0 Å². The van der Waals surface area contributed by atoms with Crippen LogP contribution in [0.15, 0.2) is 42.6 Å². The average molecular weight is 228 g/mol. The number of fused-ring (bicyclic) bond motifs is 4. The van der Waals surface area contributed by atoms with Crippen LogP contribution in [-0.4, -0.2) is 35.5 Å². The van der Waals surface area contributed by atoms with Gasteiger partial charge in [0, 0.05) is 37.9 Å². The Kier molecular flexibility index (Phi) is 2.89. The van der Waals surface area contributed by atoms with Crippen molar-refractivity contribution in [3.05, 3.63) is 48.2 Å². The Bertz CT molecular complexity index is 391. The van der Waals surface area contributed by atoms with Gasteiger partial charge in [0.15, 0.2) is 0 Å². The van der Waals surface area contributed by atoms with Crippen LogP contribution in [0, 0.1) is 0 Å². The third-order valence-electron chi connectivity index (χ3n) is 4.01. The molecule has 2 bridgehead atoms. The molecule has 0 aromatic heterocycles. The predicted octanol–water partition coefficient (Wildman–Crippen LogP) is 2.48. The molecule has 2 nitrogen and oxygen atoms in total. The fraction of sp³-hybridized carbons (Fsp3) is 0.467. The SMILES string of the molecule is C=C1CN2CCC(CC2)N1Cc1ccccc1. The van der Waals surface area contributed by atoms with E-state index in [2.05, 4.69) is 46.7 Å². The van der Waals surface area contributed by atoms with Gasteiger partial charge in [-0.05, 0) is 18.4 Å². The Morgan fingerprint density at radius 3 is 2.53 bits per heavy atom. The minimum absolute atomic E-state index is 0.710. The van der Waals surface area contributed by atoms with Crippen molar-refractivity contribution in [1.29, 1.82) is 0 Å². The van der Waals surface area contributed by atoms with Crippen LogP contribution in [-0.2, 0) is 6.54 Å². The van der Waals surface area contributed by atoms with Gasteiger partial charge in [0.2, 0.25) is 0 Å². The van der Waals surface area contributed by atoms with Gasteiger partial charge in [-0.1, -0.05) is 36.9 Å². The summed E-state index contributed by atoms with van der Waals surface area (Å²) in [5.41, 5.74) is 2.70. The molecule has 0 atom stereocenters. The molecule has 0 unspecified atom stereocenters. The molecule has 0 saturated carbocycles. The summed E-state index contributed by atoms with van der Waals surface area (Å²) in [6, 6.07) is 11.5. The summed E-state index contributed by atoms with van der Waals surface area (Å²) in [7, 11) is 0. The molecule has 3 saturated heterocycles. The lowest BCUT2D eigenvalue weighted by atomic mass is 10.0. The van der Waals surface area contributed by atoms with Crippen molar-refractivity contribution in [1.82, 2.24) is 9.80 Å². The van der Waals surface area contributed by atoms with Crippen LogP contribution < -0.4 is 0 Å². The van der Waals surface area contributed by atoms with Gasteiger partial charge in [-0.2, -0.15) is 0 Å². The summed E-state index contributed by atoms with van der Waals surface area (Å²) < 4.78 is 0. The van der Waals surface area contributed by atoms with Crippen molar-refractivity contribution >= 4 is 0 Å². The number of hydrogen-bond acceptors (Lipinski definition) is 2. The zero-order valence-electron chi connectivity index (χ0n) is 10.3. The number of hydrogen-bond donors (Lipinski definition) is 0. The minimum atomic E-state index is 0.710. The number of rotatable bonds is 2. The molecule has 4 rings (SSSR count). The third kappa shape index (κ3) is 2.22. The normalized spacial score (nSPS) is 28.2. The maximum atomic E-state index is 4.28. The molecule has 3 heterocycles. The van der Waals surface area contributed by atoms with E-state index in [0.29, 0.717) is 6.04 Å². The van der Waals surface area contributed by atoms with Crippen molar-refractivity contribution in [3.8, 4) is 0 Å². The first-order valence-corrected chi connectivity index (χ1v) is 6.53. The number of benzene rings is 1. The molecule has 0 amide bonds. The van der Waals surface area contributed by atoms with E-state index < -0.39 is 0 Å². The summed E-state index contributed by atoms with van der Waals surface area (Å²) in [5.74, 6) is 0. The molecule has 17 heavy (non-hydrogen) atoms. The van der Waals surface area contributed by atoms with Gasteiger partial charge in [-0.25, -0.2) is 0 Å². The minimum Gasteiger partial charge on any atom is -0.367 e. The first kappa shape index (κ1) is 10.8. The maximum absolute atomic E-state index is 4.28. The Labute approximate surface area is 104 Å². The summed E-state index contributed by atoms with van der Waals surface area (Å²) in [6.07, 6.45) is 2.59. The molecule has 0 N–H and O–H groups in total. The molecular formula is C15H20N2. The average Bonchev–Trinajstić information content (AvgIpc) is 2.60. The molecular weight excluding hydrogens is 208 g/mol. The van der Waals surface area contributed by atoms with E-state index in [1.807, 2.05) is 0 Å². The van der Waals surface area contributed by atoms with Crippen LogP contribution in [0.4, 0.5) is 0 Å². The lowest BCUT2D eigenvalue weighted by Gasteiger charge is -2.33. The van der Waals surface area contributed by atoms with Crippen molar-refractivity contribution in [2.45, 2.75) is 25.4 Å². The molecule has 90 valence electrons. The lowest BCUT2D eigenvalue weighted by Crippen LogP contribution is -2.37. The molecule has 3 aliphatic rings. The summed E-state index contributed by atoms with van der Waals surface area (Å²) in [6.45, 7) is 8.85. The topological polar surface area (TPSA) is 6.48 Å². The number of piperidine rings is 1. The van der Waals surface area contributed by atoms with E-state index in [1.165, 1.54) is 37.2 Å². The zero-order chi connectivity index (χ0) is 11.7. The molecule has 3 fully saturated rings. The van der Waals surface area contributed by atoms with Crippen LogP contribution in [0.1, 0.15) is 18.4 Å². The smallest absolute Gasteiger partial charge is 0.0429 e. The Hall–Kier alpha value is -1.28. The number of nitrogens with zero attached hydrogens (tertiary/aromatic N) is 2. The Morgan fingerprint density at radius 2 is 1.82 bits per heavy atom. The fourth-order valence-corrected chi connectivity index (χ4v) is 3.02. The van der Waals surface area contributed by atoms with Gasteiger partial charge < -0.3 is 4.90 Å². The zero-order valence-corrected chi connectivity index (χ0v) is 10.3. The second-order valence-electron chi connectivity index (χ2n) is 5.19. The fourth-order valence-electron chi connectivity index (χ4n) is 3.02. The highest BCUT2D eigenvalue weighted by Crippen LogP contribution is 2.27. The quantitative estimate of drug-likeness (QED) is 0.767. The molecule has 1 aromatic rings. The molecule has 0 aliphatic carbocycles. The molecule has 0 spiro atoms. The second-order valence-corrected chi connectivity index (χ2v) is 5.19. The van der Waals surface area contributed by atoms with Gasteiger partial charge in [0.05, 0.1) is 0 Å². The highest BCUT2D eigenvalue weighted by atomic mass is 15.3. The van der Waals surface area contributed by atoms with Crippen LogP contribution in [0.2, 0.25) is 0 Å². The van der Waals surface area contributed by atoms with Gasteiger partial charge >= 0.3 is 0 Å². The Morgan fingerprint density at radius 1 is 1.12 bits per heavy atom. The Balaban J connectivity index is 1.79. The van der Waals surface area contributed by atoms with Gasteiger partial charge in [0.25, 0.3) is 0 Å². The maximum Gasteiger partial charge on any atom is 0.0429 e. The van der Waals surface area contributed by atoms with Crippen LogP contribution in [0.5, 0.6) is 0 Å². The van der Waals surface area contributed by atoms with Crippen molar-refractivity contribution in [2.24, 2.45) is 0 Å². The molecule has 1 aromatic carbocycles. The molecule has 2 heteroatoms. The third-order valence-corrected chi connectivity index (χ3v) is 4.01. The summed E-state index contributed by atoms with van der Waals surface area (Å²) >= 11 is 0. The first-order valence-electron chi connectivity index (χ1n) is 6.53. The summed E-state index contributed by atoms with van der Waals surface area (Å²) in [4.78, 5) is 5.06. The van der Waals surface area contributed by atoms with Crippen LogP contribution in [0.3, 0.4) is 0 Å². The van der Waals surface area contributed by atoms with E-state index >= 15 is 0 Å². The van der Waals surface area contributed by atoms with E-state index in [9.17, 15) is 0 Å². The highest BCUT2D eigenvalue weighted by molar-refractivity contribution is 5.17. The van der Waals surface area contributed by atoms with Gasteiger partial charge in [-0.3, -0.25) is 4.90 Å². The van der Waals surface area contributed by atoms with Gasteiger partial charge in [-0.15, -0.1) is 0 Å². The van der Waals surface area contributed by atoms with E-state index in [1.54, 1.807) is 0 Å². The molecule has 3 aliphatic heterocycles. The van der Waals surface area contributed by atoms with E-state index in [0.717, 1.165) is 13.1 Å².